The van der Waals surface area contributed by atoms with Crippen molar-refractivity contribution in [1.29, 1.82) is 0 Å². The molecule has 5 heteroatoms. The first kappa shape index (κ1) is 15.5. The van der Waals surface area contributed by atoms with Gasteiger partial charge in [-0.05, 0) is 38.1 Å². The summed E-state index contributed by atoms with van der Waals surface area (Å²) in [7, 11) is 1.79. The number of pyridine rings is 1. The maximum absolute atomic E-state index is 12.2. The Hall–Kier alpha value is -2.40. The number of likely N-dealkylation sites (tertiary alicyclic amines) is 1. The summed E-state index contributed by atoms with van der Waals surface area (Å²) in [5.74, 6) is 1.43. The lowest BCUT2D eigenvalue weighted by molar-refractivity contribution is -0.131. The first-order chi connectivity index (χ1) is 11.3. The van der Waals surface area contributed by atoms with E-state index in [1.54, 1.807) is 7.05 Å². The van der Waals surface area contributed by atoms with E-state index in [-0.39, 0.29) is 11.9 Å². The molecule has 2 aromatic rings. The smallest absolute Gasteiger partial charge is 0.237 e. The van der Waals surface area contributed by atoms with Crippen LogP contribution < -0.4 is 10.1 Å². The Balaban J connectivity index is 1.77. The highest BCUT2D eigenvalue weighted by Gasteiger charge is 2.30. The Morgan fingerprint density at radius 2 is 2.09 bits per heavy atom. The number of hydrogen-bond acceptors (Lipinski definition) is 4. The fourth-order valence-corrected chi connectivity index (χ4v) is 2.91. The molecule has 1 atom stereocenters. The quantitative estimate of drug-likeness (QED) is 0.922. The van der Waals surface area contributed by atoms with Crippen LogP contribution in [0.5, 0.6) is 11.6 Å². The number of carbonyl (C=O) groups is 1. The molecule has 120 valence electrons. The molecule has 0 radical (unpaired) electrons. The highest BCUT2D eigenvalue weighted by Crippen LogP contribution is 2.32. The molecule has 1 aromatic carbocycles. The van der Waals surface area contributed by atoms with Gasteiger partial charge in [0.2, 0.25) is 11.8 Å². The average Bonchev–Trinajstić information content (AvgIpc) is 3.06. The van der Waals surface area contributed by atoms with Crippen LogP contribution in [-0.4, -0.2) is 35.9 Å². The first-order valence-corrected chi connectivity index (χ1v) is 7.92. The highest BCUT2D eigenvalue weighted by molar-refractivity contribution is 5.79. The number of benzene rings is 1. The third kappa shape index (κ3) is 3.68. The number of rotatable bonds is 5. The van der Waals surface area contributed by atoms with Crippen LogP contribution in [0.4, 0.5) is 0 Å². The maximum Gasteiger partial charge on any atom is 0.237 e. The largest absolute Gasteiger partial charge is 0.439 e. The summed E-state index contributed by atoms with van der Waals surface area (Å²) < 4.78 is 5.79. The average molecular weight is 311 g/mol. The molecule has 1 amide bonds. The molecule has 2 heterocycles. The summed E-state index contributed by atoms with van der Waals surface area (Å²) in [6.45, 7) is 1.15. The third-order valence-electron chi connectivity index (χ3n) is 3.95. The van der Waals surface area contributed by atoms with E-state index in [1.807, 2.05) is 53.4 Å². The van der Waals surface area contributed by atoms with Crippen molar-refractivity contribution in [2.24, 2.45) is 0 Å². The van der Waals surface area contributed by atoms with Crippen molar-refractivity contribution in [2.45, 2.75) is 18.9 Å². The number of amides is 1. The van der Waals surface area contributed by atoms with E-state index in [1.165, 1.54) is 0 Å². The Kier molecular flexibility index (Phi) is 4.88. The third-order valence-corrected chi connectivity index (χ3v) is 3.95. The van der Waals surface area contributed by atoms with Gasteiger partial charge < -0.3 is 15.0 Å². The molecule has 0 saturated carbocycles. The molecule has 0 bridgehead atoms. The van der Waals surface area contributed by atoms with Crippen molar-refractivity contribution in [3.05, 3.63) is 54.2 Å². The van der Waals surface area contributed by atoms with Gasteiger partial charge in [-0.25, -0.2) is 4.98 Å². The first-order valence-electron chi connectivity index (χ1n) is 7.92. The predicted molar refractivity (Wildman–Crippen MR) is 88.4 cm³/mol. The fourth-order valence-electron chi connectivity index (χ4n) is 2.91. The van der Waals surface area contributed by atoms with Crippen molar-refractivity contribution >= 4 is 5.91 Å². The van der Waals surface area contributed by atoms with Gasteiger partial charge >= 0.3 is 0 Å². The fraction of sp³-hybridized carbons (Fsp3) is 0.333. The second-order valence-corrected chi connectivity index (χ2v) is 5.59. The minimum absolute atomic E-state index is 0.0372. The number of nitrogens with one attached hydrogen (secondary N) is 1. The molecular weight excluding hydrogens is 290 g/mol. The lowest BCUT2D eigenvalue weighted by Gasteiger charge is -2.24. The molecule has 5 nitrogen and oxygen atoms in total. The summed E-state index contributed by atoms with van der Waals surface area (Å²) in [6.07, 6.45) is 1.95. The van der Waals surface area contributed by atoms with Crippen molar-refractivity contribution in [1.82, 2.24) is 15.2 Å². The molecule has 1 aliphatic rings. The molecule has 3 rings (SSSR count). The van der Waals surface area contributed by atoms with E-state index in [2.05, 4.69) is 10.3 Å². The van der Waals surface area contributed by atoms with Crippen LogP contribution in [0.1, 0.15) is 24.6 Å². The minimum atomic E-state index is 0.0372. The van der Waals surface area contributed by atoms with E-state index in [9.17, 15) is 4.79 Å². The van der Waals surface area contributed by atoms with Gasteiger partial charge in [-0.2, -0.15) is 0 Å². The lowest BCUT2D eigenvalue weighted by Crippen LogP contribution is -2.36. The summed E-state index contributed by atoms with van der Waals surface area (Å²) >= 11 is 0. The molecule has 1 aromatic heterocycles. The normalized spacial score (nSPS) is 17.3. The Labute approximate surface area is 136 Å². The number of hydrogen-bond donors (Lipinski definition) is 1. The minimum Gasteiger partial charge on any atom is -0.439 e. The van der Waals surface area contributed by atoms with Crippen LogP contribution in [0.2, 0.25) is 0 Å². The van der Waals surface area contributed by atoms with Gasteiger partial charge in [0, 0.05) is 12.6 Å². The van der Waals surface area contributed by atoms with Crippen molar-refractivity contribution in [2.75, 3.05) is 20.1 Å². The second kappa shape index (κ2) is 7.24. The zero-order valence-electron chi connectivity index (χ0n) is 13.2. The molecule has 23 heavy (non-hydrogen) atoms. The number of para-hydroxylation sites is 1. The molecule has 0 aliphatic carbocycles. The summed E-state index contributed by atoms with van der Waals surface area (Å²) in [5.41, 5.74) is 0.889. The van der Waals surface area contributed by atoms with Crippen molar-refractivity contribution in [3.8, 4) is 11.6 Å². The number of nitrogens with zero attached hydrogens (tertiary/aromatic N) is 2. The van der Waals surface area contributed by atoms with Gasteiger partial charge in [-0.3, -0.25) is 4.79 Å². The van der Waals surface area contributed by atoms with Crippen molar-refractivity contribution in [3.63, 3.8) is 0 Å². The topological polar surface area (TPSA) is 54.5 Å². The number of aromatic nitrogens is 1. The van der Waals surface area contributed by atoms with Gasteiger partial charge in [0.1, 0.15) is 5.75 Å². The van der Waals surface area contributed by atoms with Crippen LogP contribution in [0.3, 0.4) is 0 Å². The Morgan fingerprint density at radius 1 is 1.26 bits per heavy atom. The van der Waals surface area contributed by atoms with Gasteiger partial charge in [0.25, 0.3) is 0 Å². The number of carbonyl (C=O) groups excluding carboxylic acids is 1. The Morgan fingerprint density at radius 3 is 2.87 bits per heavy atom. The molecule has 1 fully saturated rings. The van der Waals surface area contributed by atoms with Gasteiger partial charge in [-0.15, -0.1) is 0 Å². The number of likely N-dealkylation sites (N-methyl/N-ethyl adjacent to an activating group) is 1. The highest BCUT2D eigenvalue weighted by atomic mass is 16.5. The van der Waals surface area contributed by atoms with Crippen LogP contribution in [0.25, 0.3) is 0 Å². The maximum atomic E-state index is 12.2. The second-order valence-electron chi connectivity index (χ2n) is 5.59. The van der Waals surface area contributed by atoms with Crippen molar-refractivity contribution < 1.29 is 9.53 Å². The van der Waals surface area contributed by atoms with E-state index in [4.69, 9.17) is 4.74 Å². The number of ether oxygens (including phenoxy) is 1. The van der Waals surface area contributed by atoms with Crippen LogP contribution in [-0.2, 0) is 4.79 Å². The van der Waals surface area contributed by atoms with E-state index in [0.717, 1.165) is 30.8 Å². The van der Waals surface area contributed by atoms with E-state index < -0.39 is 0 Å². The molecule has 0 unspecified atom stereocenters. The molecule has 1 saturated heterocycles. The standard InChI is InChI=1S/C18H21N3O2/c1-19-13-18(22)21-12-6-10-16(21)15-9-5-11-17(20-15)23-14-7-3-2-4-8-14/h2-5,7-9,11,16,19H,6,10,12-13H2,1H3/t16-/m0/s1. The summed E-state index contributed by atoms with van der Waals surface area (Å²) in [4.78, 5) is 18.7. The lowest BCUT2D eigenvalue weighted by atomic mass is 10.1. The van der Waals surface area contributed by atoms with E-state index in [0.29, 0.717) is 12.4 Å². The summed E-state index contributed by atoms with van der Waals surface area (Å²) in [5, 5.41) is 2.92. The summed E-state index contributed by atoms with van der Waals surface area (Å²) in [6, 6.07) is 15.4. The molecule has 1 aliphatic heterocycles. The van der Waals surface area contributed by atoms with Gasteiger partial charge in [-0.1, -0.05) is 24.3 Å². The molecular formula is C18H21N3O2. The van der Waals surface area contributed by atoms with Gasteiger partial charge in [0.05, 0.1) is 18.3 Å². The zero-order valence-corrected chi connectivity index (χ0v) is 13.2. The Bertz CT molecular complexity index is 660. The van der Waals surface area contributed by atoms with Crippen LogP contribution in [0, 0.1) is 0 Å². The van der Waals surface area contributed by atoms with Gasteiger partial charge in [0.15, 0.2) is 0 Å². The van der Waals surface area contributed by atoms with Crippen LogP contribution in [0.15, 0.2) is 48.5 Å². The monoisotopic (exact) mass is 311 g/mol. The predicted octanol–water partition coefficient (Wildman–Crippen LogP) is 2.76. The van der Waals surface area contributed by atoms with Crippen LogP contribution >= 0.6 is 0 Å². The van der Waals surface area contributed by atoms with E-state index >= 15 is 0 Å². The SMILES string of the molecule is CNCC(=O)N1CCC[C@H]1c1cccc(Oc2ccccc2)n1. The zero-order chi connectivity index (χ0) is 16.1. The molecule has 0 spiro atoms. The molecule has 1 N–H and O–H groups in total.